The van der Waals surface area contributed by atoms with Crippen LogP contribution >= 0.6 is 0 Å². The van der Waals surface area contributed by atoms with Crippen molar-refractivity contribution in [1.29, 1.82) is 0 Å². The number of rotatable bonds is 6. The van der Waals surface area contributed by atoms with Crippen molar-refractivity contribution in [2.24, 2.45) is 5.92 Å². The fraction of sp³-hybridized carbons (Fsp3) is 0.238. The third-order valence-corrected chi connectivity index (χ3v) is 4.84. The molecule has 2 aromatic carbocycles. The largest absolute Gasteiger partial charge is 0.492 e. The molecule has 0 radical (unpaired) electrons. The Kier molecular flexibility index (Phi) is 4.97. The molecule has 7 heteroatoms. The van der Waals surface area contributed by atoms with E-state index in [1.807, 2.05) is 24.3 Å². The number of hydrogen-bond donors (Lipinski definition) is 2. The first-order valence-corrected chi connectivity index (χ1v) is 9.13. The summed E-state index contributed by atoms with van der Waals surface area (Å²) < 4.78 is 18.3. The molecule has 0 saturated carbocycles. The van der Waals surface area contributed by atoms with Crippen molar-refractivity contribution in [2.75, 3.05) is 26.2 Å². The van der Waals surface area contributed by atoms with Gasteiger partial charge in [0.2, 0.25) is 5.91 Å². The minimum atomic E-state index is -0.322. The first kappa shape index (κ1) is 18.0. The average molecular weight is 381 g/mol. The van der Waals surface area contributed by atoms with E-state index in [0.29, 0.717) is 37.6 Å². The van der Waals surface area contributed by atoms with Crippen molar-refractivity contribution < 1.29 is 18.7 Å². The molecule has 1 aromatic heterocycles. The Hall–Kier alpha value is -3.35. The van der Waals surface area contributed by atoms with Gasteiger partial charge in [-0.1, -0.05) is 18.2 Å². The van der Waals surface area contributed by atoms with Crippen LogP contribution in [0.5, 0.6) is 5.75 Å². The molecule has 3 aromatic rings. The molecule has 1 saturated heterocycles. The highest BCUT2D eigenvalue weighted by atomic mass is 19.1. The highest BCUT2D eigenvalue weighted by Crippen LogP contribution is 2.24. The van der Waals surface area contributed by atoms with Gasteiger partial charge in [-0.15, -0.1) is 0 Å². The molecule has 2 heterocycles. The number of nitrogens with zero attached hydrogens (tertiary/aromatic N) is 1. The quantitative estimate of drug-likeness (QED) is 0.645. The molecule has 144 valence electrons. The Bertz CT molecular complexity index is 994. The van der Waals surface area contributed by atoms with Crippen LogP contribution in [0.3, 0.4) is 0 Å². The van der Waals surface area contributed by atoms with Gasteiger partial charge in [-0.3, -0.25) is 9.59 Å². The summed E-state index contributed by atoms with van der Waals surface area (Å²) in [4.78, 5) is 29.6. The molecule has 28 heavy (non-hydrogen) atoms. The molecule has 2 amide bonds. The second-order valence-electron chi connectivity index (χ2n) is 6.75. The zero-order chi connectivity index (χ0) is 19.5. The maximum Gasteiger partial charge on any atom is 0.256 e. The lowest BCUT2D eigenvalue weighted by Crippen LogP contribution is -2.56. The van der Waals surface area contributed by atoms with Gasteiger partial charge in [-0.05, 0) is 30.3 Å². The first-order valence-electron chi connectivity index (χ1n) is 9.13. The predicted octanol–water partition coefficient (Wildman–Crippen LogP) is 2.57. The Morgan fingerprint density at radius 1 is 1.14 bits per heavy atom. The van der Waals surface area contributed by atoms with E-state index < -0.39 is 0 Å². The molecule has 0 spiro atoms. The lowest BCUT2D eigenvalue weighted by atomic mass is 9.97. The van der Waals surface area contributed by atoms with Crippen LogP contribution in [0.25, 0.3) is 10.9 Å². The number of likely N-dealkylation sites (tertiary alicyclic amines) is 1. The number of benzene rings is 2. The number of fused-ring (bicyclic) bond motifs is 1. The topological polar surface area (TPSA) is 74.4 Å². The Morgan fingerprint density at radius 3 is 2.68 bits per heavy atom. The van der Waals surface area contributed by atoms with E-state index in [0.717, 1.165) is 10.9 Å². The van der Waals surface area contributed by atoms with E-state index in [2.05, 4.69) is 10.3 Å². The number of H-pyrrole nitrogens is 1. The molecule has 6 nitrogen and oxygen atoms in total. The van der Waals surface area contributed by atoms with Crippen molar-refractivity contribution in [1.82, 2.24) is 15.2 Å². The van der Waals surface area contributed by atoms with Crippen LogP contribution in [0.1, 0.15) is 10.4 Å². The number of amides is 2. The SMILES string of the molecule is O=C(NCCOc1ccc(F)cc1)C1CN(C(=O)c2c[nH]c3ccccc23)C1. The monoisotopic (exact) mass is 381 g/mol. The van der Waals surface area contributed by atoms with Crippen LogP contribution in [0.15, 0.2) is 54.7 Å². The summed E-state index contributed by atoms with van der Waals surface area (Å²) in [5.74, 6) is -0.140. The molecule has 0 aliphatic carbocycles. The summed E-state index contributed by atoms with van der Waals surface area (Å²) in [6.45, 7) is 1.46. The molecular weight excluding hydrogens is 361 g/mol. The van der Waals surface area contributed by atoms with Crippen molar-refractivity contribution >= 4 is 22.7 Å². The van der Waals surface area contributed by atoms with E-state index in [4.69, 9.17) is 4.74 Å². The second kappa shape index (κ2) is 7.72. The molecule has 1 aliphatic rings. The Labute approximate surface area is 161 Å². The summed E-state index contributed by atoms with van der Waals surface area (Å²) in [6, 6.07) is 13.4. The van der Waals surface area contributed by atoms with E-state index in [1.54, 1.807) is 11.1 Å². The van der Waals surface area contributed by atoms with Gasteiger partial charge in [-0.2, -0.15) is 0 Å². The predicted molar refractivity (Wildman–Crippen MR) is 103 cm³/mol. The number of hydrogen-bond acceptors (Lipinski definition) is 3. The lowest BCUT2D eigenvalue weighted by molar-refractivity contribution is -0.129. The maximum absolute atomic E-state index is 12.8. The normalized spacial score (nSPS) is 14.0. The fourth-order valence-corrected chi connectivity index (χ4v) is 3.25. The number of carbonyl (C=O) groups is 2. The van der Waals surface area contributed by atoms with Gasteiger partial charge in [0.15, 0.2) is 0 Å². The van der Waals surface area contributed by atoms with Crippen molar-refractivity contribution in [3.05, 3.63) is 66.1 Å². The molecule has 2 N–H and O–H groups in total. The molecule has 0 bridgehead atoms. The summed E-state index contributed by atoms with van der Waals surface area (Å²) in [5, 5.41) is 3.70. The minimum Gasteiger partial charge on any atom is -0.492 e. The van der Waals surface area contributed by atoms with Crippen LogP contribution in [-0.4, -0.2) is 47.9 Å². The number of aromatic amines is 1. The van der Waals surface area contributed by atoms with E-state index in [9.17, 15) is 14.0 Å². The Morgan fingerprint density at radius 2 is 1.89 bits per heavy atom. The van der Waals surface area contributed by atoms with Crippen LogP contribution in [-0.2, 0) is 4.79 Å². The van der Waals surface area contributed by atoms with Crippen LogP contribution in [0.2, 0.25) is 0 Å². The molecule has 1 fully saturated rings. The molecule has 0 unspecified atom stereocenters. The zero-order valence-electron chi connectivity index (χ0n) is 15.2. The van der Waals surface area contributed by atoms with Gasteiger partial charge < -0.3 is 19.9 Å². The molecule has 0 atom stereocenters. The van der Waals surface area contributed by atoms with Gasteiger partial charge in [0.05, 0.1) is 18.0 Å². The summed E-state index contributed by atoms with van der Waals surface area (Å²) in [5.41, 5.74) is 1.55. The van der Waals surface area contributed by atoms with Gasteiger partial charge in [0.1, 0.15) is 18.2 Å². The lowest BCUT2D eigenvalue weighted by Gasteiger charge is -2.38. The third-order valence-electron chi connectivity index (χ3n) is 4.84. The highest BCUT2D eigenvalue weighted by molar-refractivity contribution is 6.07. The number of carbonyl (C=O) groups excluding carboxylic acids is 2. The molecular formula is C21H20FN3O3. The Balaban J connectivity index is 1.22. The molecule has 1 aliphatic heterocycles. The van der Waals surface area contributed by atoms with Crippen molar-refractivity contribution in [3.8, 4) is 5.75 Å². The zero-order valence-corrected chi connectivity index (χ0v) is 15.2. The van der Waals surface area contributed by atoms with Gasteiger partial charge in [0, 0.05) is 30.2 Å². The van der Waals surface area contributed by atoms with Gasteiger partial charge in [-0.25, -0.2) is 4.39 Å². The highest BCUT2D eigenvalue weighted by Gasteiger charge is 2.36. The van der Waals surface area contributed by atoms with E-state index in [-0.39, 0.29) is 23.5 Å². The van der Waals surface area contributed by atoms with Gasteiger partial charge in [0.25, 0.3) is 5.91 Å². The number of ether oxygens (including phenoxy) is 1. The third kappa shape index (κ3) is 3.69. The van der Waals surface area contributed by atoms with Crippen molar-refractivity contribution in [3.63, 3.8) is 0 Å². The van der Waals surface area contributed by atoms with Gasteiger partial charge >= 0.3 is 0 Å². The number of halogens is 1. The van der Waals surface area contributed by atoms with Crippen LogP contribution in [0.4, 0.5) is 4.39 Å². The average Bonchev–Trinajstić information content (AvgIpc) is 3.09. The first-order chi connectivity index (χ1) is 13.6. The van der Waals surface area contributed by atoms with Crippen molar-refractivity contribution in [2.45, 2.75) is 0 Å². The second-order valence-corrected chi connectivity index (χ2v) is 6.75. The molecule has 4 rings (SSSR count). The number of nitrogens with one attached hydrogen (secondary N) is 2. The van der Waals surface area contributed by atoms with Crippen LogP contribution < -0.4 is 10.1 Å². The smallest absolute Gasteiger partial charge is 0.256 e. The summed E-state index contributed by atoms with van der Waals surface area (Å²) in [6.07, 6.45) is 1.72. The number of aromatic nitrogens is 1. The summed E-state index contributed by atoms with van der Waals surface area (Å²) in [7, 11) is 0. The fourth-order valence-electron chi connectivity index (χ4n) is 3.25. The summed E-state index contributed by atoms with van der Waals surface area (Å²) >= 11 is 0. The van der Waals surface area contributed by atoms with E-state index >= 15 is 0 Å². The van der Waals surface area contributed by atoms with E-state index in [1.165, 1.54) is 24.3 Å². The number of para-hydroxylation sites is 1. The maximum atomic E-state index is 12.8. The van der Waals surface area contributed by atoms with Crippen LogP contribution in [0, 0.1) is 11.7 Å². The standard InChI is InChI=1S/C21H20FN3O3/c22-15-5-7-16(8-6-15)28-10-9-23-20(26)14-12-25(13-14)21(27)18-11-24-19-4-2-1-3-17(18)19/h1-8,11,14,24H,9-10,12-13H2,(H,23,26). The minimum absolute atomic E-state index is 0.0684.